The first-order valence-corrected chi connectivity index (χ1v) is 19.0. The normalized spacial score (nSPS) is 32.8. The Morgan fingerprint density at radius 3 is 2.65 bits per heavy atom. The van der Waals surface area contributed by atoms with Crippen LogP contribution in [-0.2, 0) is 46.3 Å². The van der Waals surface area contributed by atoms with Gasteiger partial charge in [-0.2, -0.15) is 8.42 Å². The number of aromatic nitrogens is 1. The Morgan fingerprint density at radius 1 is 1.14 bits per heavy atom. The van der Waals surface area contributed by atoms with E-state index in [-0.39, 0.29) is 30.2 Å². The summed E-state index contributed by atoms with van der Waals surface area (Å²) >= 11 is 0. The fourth-order valence-corrected chi connectivity index (χ4v) is 9.95. The summed E-state index contributed by atoms with van der Waals surface area (Å²) in [6.45, 7) is 4.36. The van der Waals surface area contributed by atoms with Gasteiger partial charge in [-0.3, -0.25) is 24.0 Å². The first-order chi connectivity index (χ1) is 23.3. The predicted octanol–water partition coefficient (Wildman–Crippen LogP) is 2.70. The first-order valence-electron chi connectivity index (χ1n) is 17.2. The summed E-state index contributed by atoms with van der Waals surface area (Å²) in [5.41, 5.74) is 2.38. The third-order valence-corrected chi connectivity index (χ3v) is 12.0. The zero-order valence-corrected chi connectivity index (χ0v) is 29.0. The quantitative estimate of drug-likeness (QED) is 0.361. The Bertz CT molecular complexity index is 1950. The molecule has 13 heteroatoms. The molecule has 49 heavy (non-hydrogen) atoms. The number of carbonyl (C=O) groups is 3. The molecule has 12 nitrogen and oxygen atoms in total. The molecule has 5 aliphatic rings. The smallest absolute Gasteiger partial charge is 0.294 e. The molecule has 2 N–H and O–H groups in total. The number of piperidine rings is 1. The van der Waals surface area contributed by atoms with Crippen molar-refractivity contribution in [2.75, 3.05) is 26.4 Å². The molecule has 4 saturated heterocycles. The minimum Gasteiger partial charge on any atom is -0.361 e. The number of aromatic amines is 1. The molecular weight excluding hydrogens is 646 g/mol. The lowest BCUT2D eigenvalue weighted by Crippen LogP contribution is -2.72. The van der Waals surface area contributed by atoms with Crippen molar-refractivity contribution >= 4 is 38.7 Å². The molecule has 5 heterocycles. The number of rotatable bonds is 7. The van der Waals surface area contributed by atoms with Gasteiger partial charge in [-0.25, -0.2) is 4.18 Å². The van der Waals surface area contributed by atoms with E-state index in [0.29, 0.717) is 32.4 Å². The number of fused-ring (bicyclic) bond motifs is 5. The molecule has 7 atom stereocenters. The molecule has 0 saturated carbocycles. The molecule has 1 unspecified atom stereocenters. The molecule has 4 fully saturated rings. The predicted molar refractivity (Wildman–Crippen MR) is 180 cm³/mol. The fraction of sp³-hybridized carbons (Fsp3) is 0.528. The molecule has 260 valence electrons. The van der Waals surface area contributed by atoms with Crippen molar-refractivity contribution in [2.45, 2.75) is 81.6 Å². The van der Waals surface area contributed by atoms with E-state index in [1.54, 1.807) is 18.7 Å². The summed E-state index contributed by atoms with van der Waals surface area (Å²) in [4.78, 5) is 52.1. The van der Waals surface area contributed by atoms with E-state index in [9.17, 15) is 18.0 Å². The van der Waals surface area contributed by atoms with Gasteiger partial charge in [0.2, 0.25) is 17.5 Å². The van der Waals surface area contributed by atoms with Crippen LogP contribution in [-0.4, -0.2) is 102 Å². The lowest BCUT2D eigenvalue weighted by atomic mass is 9.72. The minimum atomic E-state index is -4.23. The highest BCUT2D eigenvalue weighted by Gasteiger charge is 2.74. The maximum absolute atomic E-state index is 15.0. The van der Waals surface area contributed by atoms with E-state index in [0.717, 1.165) is 23.8 Å². The van der Waals surface area contributed by atoms with Crippen LogP contribution in [0.25, 0.3) is 10.9 Å². The molecule has 4 aliphatic heterocycles. The third-order valence-electron chi connectivity index (χ3n) is 11.5. The lowest BCUT2D eigenvalue weighted by molar-refractivity contribution is -0.304. The van der Waals surface area contributed by atoms with Crippen LogP contribution in [0.5, 0.6) is 0 Å². The zero-order chi connectivity index (χ0) is 34.5. The highest BCUT2D eigenvalue weighted by molar-refractivity contribution is 7.86. The summed E-state index contributed by atoms with van der Waals surface area (Å²) in [6.07, 6.45) is 5.52. The second kappa shape index (κ2) is 11.4. The highest BCUT2D eigenvalue weighted by Crippen LogP contribution is 2.51. The number of amides is 3. The largest absolute Gasteiger partial charge is 0.361 e. The maximum atomic E-state index is 15.0. The van der Waals surface area contributed by atoms with Gasteiger partial charge in [0.05, 0.1) is 12.2 Å². The van der Waals surface area contributed by atoms with E-state index in [2.05, 4.69) is 33.5 Å². The summed E-state index contributed by atoms with van der Waals surface area (Å²) in [5.74, 6) is -4.51. The summed E-state index contributed by atoms with van der Waals surface area (Å²) in [7, 11) is -2.19. The van der Waals surface area contributed by atoms with Gasteiger partial charge in [-0.15, -0.1) is 0 Å². The van der Waals surface area contributed by atoms with Gasteiger partial charge < -0.3 is 20.1 Å². The summed E-state index contributed by atoms with van der Waals surface area (Å²) < 4.78 is 38.6. The topological polar surface area (TPSA) is 141 Å². The number of likely N-dealkylation sites (N-methyl/N-ethyl adjacent to an activating group) is 1. The van der Waals surface area contributed by atoms with Crippen LogP contribution in [0.2, 0.25) is 0 Å². The average Bonchev–Trinajstić information content (AvgIpc) is 3.77. The second-order valence-electron chi connectivity index (χ2n) is 14.8. The van der Waals surface area contributed by atoms with Gasteiger partial charge in [0, 0.05) is 54.5 Å². The number of nitrogens with zero attached hydrogens (tertiary/aromatic N) is 3. The standard InChI is InChI=1S/C36H43N5O7S/c1-21(2)35(38-32(42)24-17-26-25-12-8-13-27-31(25)23(19-37-27)18-28(26)39(3)20-24)34(44)41-29(16-22-10-6-5-7-11-22)33(43)40-15-9-14-30(40)36(41,47-35)48-49(4,45)46/h5-8,10-13,19,21,24,26,28-30,37H,9,14-18,20H2,1-4H3,(H,38,42)/t24-,26?,28-,29+,30+,35-,36-/m1/s1. The Labute approximate surface area is 286 Å². The molecule has 1 aliphatic carbocycles. The van der Waals surface area contributed by atoms with E-state index in [4.69, 9.17) is 8.92 Å². The monoisotopic (exact) mass is 689 g/mol. The Morgan fingerprint density at radius 2 is 1.92 bits per heavy atom. The zero-order valence-electron chi connectivity index (χ0n) is 28.2. The third kappa shape index (κ3) is 4.95. The van der Waals surface area contributed by atoms with E-state index in [1.807, 2.05) is 43.4 Å². The first kappa shape index (κ1) is 32.4. The van der Waals surface area contributed by atoms with Crippen molar-refractivity contribution in [3.63, 3.8) is 0 Å². The highest BCUT2D eigenvalue weighted by atomic mass is 32.2. The molecule has 3 aromatic rings. The van der Waals surface area contributed by atoms with E-state index >= 15 is 4.79 Å². The molecule has 0 radical (unpaired) electrons. The number of benzene rings is 2. The van der Waals surface area contributed by atoms with Crippen LogP contribution < -0.4 is 5.32 Å². The van der Waals surface area contributed by atoms with Crippen molar-refractivity contribution in [1.29, 1.82) is 0 Å². The van der Waals surface area contributed by atoms with Crippen LogP contribution in [0, 0.1) is 11.8 Å². The van der Waals surface area contributed by atoms with Gasteiger partial charge >= 0.3 is 0 Å². The van der Waals surface area contributed by atoms with Crippen molar-refractivity contribution in [2.24, 2.45) is 11.8 Å². The minimum absolute atomic E-state index is 0.0999. The lowest BCUT2D eigenvalue weighted by Gasteiger charge is -2.50. The molecule has 2 aromatic carbocycles. The summed E-state index contributed by atoms with van der Waals surface area (Å²) in [5, 5.41) is 4.24. The Balaban J connectivity index is 1.17. The number of ether oxygens (including phenoxy) is 1. The Hall–Kier alpha value is -3.78. The number of hydrogen-bond donors (Lipinski definition) is 2. The van der Waals surface area contributed by atoms with E-state index < -0.39 is 51.6 Å². The number of nitrogens with one attached hydrogen (secondary N) is 2. The van der Waals surface area contributed by atoms with Crippen molar-refractivity contribution in [1.82, 2.24) is 25.0 Å². The van der Waals surface area contributed by atoms with Crippen molar-refractivity contribution < 1.29 is 31.7 Å². The fourth-order valence-electron chi connectivity index (χ4n) is 9.29. The maximum Gasteiger partial charge on any atom is 0.294 e. The SMILES string of the molecule is CC(C)[C@@]1(NC(=O)[C@@H]2CC3c4cccc5[nH]cc(c45)C[C@H]3N(C)C2)O[C@@]2(OS(C)(=O)=O)[C@@H]3CCCN3C(=O)[C@H](Cc3ccccc3)N2C1=O. The molecule has 8 rings (SSSR count). The average molecular weight is 690 g/mol. The van der Waals surface area contributed by atoms with Gasteiger partial charge in [0.25, 0.3) is 21.9 Å². The van der Waals surface area contributed by atoms with Crippen LogP contribution in [0.4, 0.5) is 0 Å². The van der Waals surface area contributed by atoms with Crippen molar-refractivity contribution in [3.8, 4) is 0 Å². The van der Waals surface area contributed by atoms with Crippen LogP contribution in [0.1, 0.15) is 55.7 Å². The molecule has 0 bridgehead atoms. The number of hydrogen-bond acceptors (Lipinski definition) is 8. The molecule has 3 amide bonds. The molecule has 1 aromatic heterocycles. The number of carbonyl (C=O) groups excluding carboxylic acids is 3. The van der Waals surface area contributed by atoms with Crippen molar-refractivity contribution in [3.05, 3.63) is 71.4 Å². The number of H-pyrrole nitrogens is 1. The van der Waals surface area contributed by atoms with E-state index in [1.165, 1.54) is 21.4 Å². The molecule has 0 spiro atoms. The van der Waals surface area contributed by atoms with Gasteiger partial charge in [-0.1, -0.05) is 56.3 Å². The Kier molecular flexibility index (Phi) is 7.53. The van der Waals surface area contributed by atoms with Crippen LogP contribution >= 0.6 is 0 Å². The molecular formula is C36H43N5O7S. The van der Waals surface area contributed by atoms with Gasteiger partial charge in [-0.05, 0) is 55.5 Å². The van der Waals surface area contributed by atoms with Gasteiger partial charge in [0.15, 0.2) is 0 Å². The second-order valence-corrected chi connectivity index (χ2v) is 16.4. The summed E-state index contributed by atoms with van der Waals surface area (Å²) in [6, 6.07) is 13.8. The number of likely N-dealkylation sites (tertiary alicyclic amines) is 1. The van der Waals surface area contributed by atoms with Crippen LogP contribution in [0.15, 0.2) is 54.7 Å². The van der Waals surface area contributed by atoms with Gasteiger partial charge in [0.1, 0.15) is 12.1 Å². The number of piperazine rings is 1. The van der Waals surface area contributed by atoms with Crippen LogP contribution in [0.3, 0.4) is 0 Å².